The maximum absolute atomic E-state index is 14.4. The second-order valence-corrected chi connectivity index (χ2v) is 6.99. The Hall–Kier alpha value is -0.480. The molecule has 2 aliphatic rings. The van der Waals surface area contributed by atoms with Crippen LogP contribution in [0.15, 0.2) is 30.3 Å². The first kappa shape index (κ1) is 13.5. The van der Waals surface area contributed by atoms with Crippen molar-refractivity contribution in [1.82, 2.24) is 4.90 Å². The molecule has 0 amide bonds. The van der Waals surface area contributed by atoms with E-state index in [1.54, 1.807) is 18.2 Å². The molecule has 1 nitrogen and oxygen atoms in total. The number of nitrogens with zero attached hydrogens (tertiary/aromatic N) is 1. The predicted octanol–water partition coefficient (Wildman–Crippen LogP) is 4.17. The van der Waals surface area contributed by atoms with E-state index in [-0.39, 0.29) is 12.1 Å². The molecule has 19 heavy (non-hydrogen) atoms. The first-order valence-corrected chi connectivity index (χ1v) is 7.81. The highest BCUT2D eigenvalue weighted by Gasteiger charge is 2.45. The van der Waals surface area contributed by atoms with Gasteiger partial charge in [-0.05, 0) is 25.7 Å². The van der Waals surface area contributed by atoms with E-state index in [1.807, 2.05) is 4.90 Å². The lowest BCUT2D eigenvalue weighted by molar-refractivity contribution is -0.0562. The molecule has 2 fully saturated rings. The number of rotatable bonds is 3. The van der Waals surface area contributed by atoms with Crippen LogP contribution in [0.5, 0.6) is 0 Å². The molecule has 1 aromatic carbocycles. The smallest absolute Gasteiger partial charge is 0.285 e. The Morgan fingerprint density at radius 3 is 2.26 bits per heavy atom. The van der Waals surface area contributed by atoms with E-state index >= 15 is 0 Å². The van der Waals surface area contributed by atoms with E-state index < -0.39 is 5.92 Å². The van der Waals surface area contributed by atoms with Gasteiger partial charge in [0, 0.05) is 22.5 Å². The maximum atomic E-state index is 14.4. The van der Waals surface area contributed by atoms with Crippen molar-refractivity contribution in [3.05, 3.63) is 35.9 Å². The third-order valence-electron chi connectivity index (χ3n) is 4.40. The molecule has 0 aromatic heterocycles. The highest BCUT2D eigenvalue weighted by molar-refractivity contribution is 9.09. The van der Waals surface area contributed by atoms with Gasteiger partial charge in [0.2, 0.25) is 0 Å². The Balaban J connectivity index is 1.75. The molecule has 3 rings (SSSR count). The van der Waals surface area contributed by atoms with Gasteiger partial charge in [0.05, 0.1) is 6.54 Å². The van der Waals surface area contributed by atoms with Crippen LogP contribution in [0.25, 0.3) is 0 Å². The molecule has 2 bridgehead atoms. The van der Waals surface area contributed by atoms with E-state index in [4.69, 9.17) is 0 Å². The molecule has 2 saturated heterocycles. The summed E-state index contributed by atoms with van der Waals surface area (Å²) in [5.41, 5.74) is 0.135. The summed E-state index contributed by atoms with van der Waals surface area (Å²) in [7, 11) is 0. The topological polar surface area (TPSA) is 3.24 Å². The molecule has 104 valence electrons. The van der Waals surface area contributed by atoms with Crippen LogP contribution in [-0.4, -0.2) is 28.4 Å². The fraction of sp³-hybridized carbons (Fsp3) is 0.600. The van der Waals surface area contributed by atoms with Crippen LogP contribution in [0.3, 0.4) is 0 Å². The van der Waals surface area contributed by atoms with E-state index in [1.165, 1.54) is 12.1 Å². The quantitative estimate of drug-likeness (QED) is 0.752. The minimum absolute atomic E-state index is 0.133. The molecule has 0 spiro atoms. The van der Waals surface area contributed by atoms with Crippen molar-refractivity contribution >= 4 is 15.9 Å². The lowest BCUT2D eigenvalue weighted by atomic mass is 10.0. The van der Waals surface area contributed by atoms with Gasteiger partial charge in [-0.25, -0.2) is 0 Å². The lowest BCUT2D eigenvalue weighted by Gasteiger charge is -2.39. The van der Waals surface area contributed by atoms with Gasteiger partial charge >= 0.3 is 0 Å². The molecule has 0 radical (unpaired) electrons. The number of halogens is 3. The molecular weight excluding hydrogens is 312 g/mol. The Morgan fingerprint density at radius 1 is 1.11 bits per heavy atom. The van der Waals surface area contributed by atoms with Crippen LogP contribution in [0.4, 0.5) is 8.78 Å². The highest BCUT2D eigenvalue weighted by atomic mass is 79.9. The van der Waals surface area contributed by atoms with Crippen molar-refractivity contribution in [3.63, 3.8) is 0 Å². The Labute approximate surface area is 121 Å². The molecule has 0 aliphatic carbocycles. The van der Waals surface area contributed by atoms with Crippen molar-refractivity contribution in [1.29, 1.82) is 0 Å². The Bertz CT molecular complexity index is 423. The van der Waals surface area contributed by atoms with E-state index in [2.05, 4.69) is 15.9 Å². The minimum Gasteiger partial charge on any atom is -0.291 e. The number of piperidine rings is 1. The third-order valence-corrected chi connectivity index (χ3v) is 5.15. The van der Waals surface area contributed by atoms with Gasteiger partial charge in [-0.3, -0.25) is 4.90 Å². The average molecular weight is 330 g/mol. The number of benzene rings is 1. The second kappa shape index (κ2) is 5.13. The van der Waals surface area contributed by atoms with Crippen molar-refractivity contribution in [2.75, 3.05) is 6.54 Å². The van der Waals surface area contributed by atoms with Gasteiger partial charge < -0.3 is 0 Å². The molecular formula is C15H18BrF2N. The largest absolute Gasteiger partial charge is 0.291 e. The molecule has 4 heteroatoms. The Kier molecular flexibility index (Phi) is 3.65. The molecule has 2 heterocycles. The van der Waals surface area contributed by atoms with E-state index in [0.29, 0.717) is 16.9 Å². The SMILES string of the molecule is FC(F)(CN1C2CCC1CC(Br)C2)c1ccccc1. The number of hydrogen-bond acceptors (Lipinski definition) is 1. The molecule has 2 aliphatic heterocycles. The monoisotopic (exact) mass is 329 g/mol. The van der Waals surface area contributed by atoms with Gasteiger partial charge in [-0.1, -0.05) is 46.3 Å². The van der Waals surface area contributed by atoms with Crippen LogP contribution in [0.2, 0.25) is 0 Å². The number of alkyl halides is 3. The van der Waals surface area contributed by atoms with Crippen molar-refractivity contribution in [3.8, 4) is 0 Å². The van der Waals surface area contributed by atoms with Crippen LogP contribution in [0.1, 0.15) is 31.2 Å². The predicted molar refractivity (Wildman–Crippen MR) is 75.8 cm³/mol. The molecule has 2 atom stereocenters. The summed E-state index contributed by atoms with van der Waals surface area (Å²) in [6.45, 7) is -0.133. The van der Waals surface area contributed by atoms with Gasteiger partial charge in [0.1, 0.15) is 0 Å². The van der Waals surface area contributed by atoms with Crippen molar-refractivity contribution < 1.29 is 8.78 Å². The summed E-state index contributed by atoms with van der Waals surface area (Å²) >= 11 is 3.65. The lowest BCUT2D eigenvalue weighted by Crippen LogP contribution is -2.47. The summed E-state index contributed by atoms with van der Waals surface area (Å²) in [5, 5.41) is 0. The zero-order chi connectivity index (χ0) is 13.5. The summed E-state index contributed by atoms with van der Waals surface area (Å²) in [4.78, 5) is 2.55. The minimum atomic E-state index is -2.75. The van der Waals surface area contributed by atoms with Gasteiger partial charge in [0.25, 0.3) is 5.92 Å². The van der Waals surface area contributed by atoms with E-state index in [9.17, 15) is 8.78 Å². The average Bonchev–Trinajstić information content (AvgIpc) is 2.62. The summed E-state index contributed by atoms with van der Waals surface area (Å²) in [6, 6.07) is 8.86. The van der Waals surface area contributed by atoms with Crippen LogP contribution < -0.4 is 0 Å². The zero-order valence-electron chi connectivity index (χ0n) is 10.7. The van der Waals surface area contributed by atoms with Crippen molar-refractivity contribution in [2.45, 2.75) is 48.5 Å². The fourth-order valence-electron chi connectivity index (χ4n) is 3.47. The van der Waals surface area contributed by atoms with Gasteiger partial charge in [-0.2, -0.15) is 8.78 Å². The molecule has 2 unspecified atom stereocenters. The Morgan fingerprint density at radius 2 is 1.68 bits per heavy atom. The zero-order valence-corrected chi connectivity index (χ0v) is 12.3. The number of fused-ring (bicyclic) bond motifs is 2. The van der Waals surface area contributed by atoms with Gasteiger partial charge in [0.15, 0.2) is 0 Å². The summed E-state index contributed by atoms with van der Waals surface area (Å²) < 4.78 is 28.7. The first-order chi connectivity index (χ1) is 9.06. The van der Waals surface area contributed by atoms with Gasteiger partial charge in [-0.15, -0.1) is 0 Å². The molecule has 0 saturated carbocycles. The summed E-state index contributed by atoms with van der Waals surface area (Å²) in [5.74, 6) is -2.75. The standard InChI is InChI=1S/C15H18BrF2N/c16-12-8-13-6-7-14(9-12)19(13)10-15(17,18)11-4-2-1-3-5-11/h1-5,12-14H,6-10H2. The second-order valence-electron chi connectivity index (χ2n) is 5.70. The van der Waals surface area contributed by atoms with Crippen molar-refractivity contribution in [2.24, 2.45) is 0 Å². The van der Waals surface area contributed by atoms with Crippen LogP contribution in [-0.2, 0) is 5.92 Å². The summed E-state index contributed by atoms with van der Waals surface area (Å²) in [6.07, 6.45) is 4.14. The molecule has 0 N–H and O–H groups in total. The van der Waals surface area contributed by atoms with E-state index in [0.717, 1.165) is 25.7 Å². The van der Waals surface area contributed by atoms with Crippen LogP contribution in [0, 0.1) is 0 Å². The normalized spacial score (nSPS) is 31.6. The van der Waals surface area contributed by atoms with Crippen LogP contribution >= 0.6 is 15.9 Å². The third kappa shape index (κ3) is 2.70. The molecule has 1 aromatic rings. The highest BCUT2D eigenvalue weighted by Crippen LogP contribution is 2.41. The maximum Gasteiger partial charge on any atom is 0.285 e. The fourth-order valence-corrected chi connectivity index (χ4v) is 4.33. The first-order valence-electron chi connectivity index (χ1n) is 6.89. The number of hydrogen-bond donors (Lipinski definition) is 0.